The number of fused-ring (bicyclic) bond motifs is 7. The van der Waals surface area contributed by atoms with Crippen molar-refractivity contribution in [2.24, 2.45) is 0 Å². The summed E-state index contributed by atoms with van der Waals surface area (Å²) in [5.74, 6) is 1.04. The van der Waals surface area contributed by atoms with Crippen LogP contribution >= 0.6 is 0 Å². The van der Waals surface area contributed by atoms with E-state index in [2.05, 4.69) is 134 Å². The summed E-state index contributed by atoms with van der Waals surface area (Å²) >= 11 is 0. The number of nitrogens with zero attached hydrogens (tertiary/aromatic N) is 3. The third-order valence-electron chi connectivity index (χ3n) is 9.00. The van der Waals surface area contributed by atoms with E-state index in [4.69, 9.17) is 4.98 Å². The molecule has 2 aliphatic rings. The summed E-state index contributed by atoms with van der Waals surface area (Å²) < 4.78 is 2.42. The predicted molar refractivity (Wildman–Crippen MR) is 158 cm³/mol. The Bertz CT molecular complexity index is 1920. The zero-order valence-electron chi connectivity index (χ0n) is 22.2. The molecule has 38 heavy (non-hydrogen) atoms. The highest BCUT2D eigenvalue weighted by Gasteiger charge is 2.46. The second-order valence-corrected chi connectivity index (χ2v) is 11.7. The molecule has 184 valence electrons. The van der Waals surface area contributed by atoms with Gasteiger partial charge in [-0.05, 0) is 53.1 Å². The SMILES string of the molecule is CC1(C)c2cc3c(cc2N2c4ncccc4C(C)(C)c4cccc1c42)c1ccccc1n3-c1ccccc1. The number of hydrogen-bond donors (Lipinski definition) is 0. The van der Waals surface area contributed by atoms with Crippen molar-refractivity contribution in [1.29, 1.82) is 0 Å². The molecule has 0 N–H and O–H groups in total. The van der Waals surface area contributed by atoms with Crippen molar-refractivity contribution < 1.29 is 0 Å². The van der Waals surface area contributed by atoms with E-state index in [1.54, 1.807) is 0 Å². The van der Waals surface area contributed by atoms with Crippen LogP contribution in [0.2, 0.25) is 0 Å². The van der Waals surface area contributed by atoms with Crippen molar-refractivity contribution >= 4 is 39.0 Å². The lowest BCUT2D eigenvalue weighted by Gasteiger charge is -2.48. The van der Waals surface area contributed by atoms with E-state index < -0.39 is 0 Å². The highest BCUT2D eigenvalue weighted by atomic mass is 15.2. The maximum Gasteiger partial charge on any atom is 0.141 e. The zero-order valence-corrected chi connectivity index (χ0v) is 22.2. The molecule has 3 heteroatoms. The van der Waals surface area contributed by atoms with Crippen LogP contribution in [0.15, 0.2) is 103 Å². The van der Waals surface area contributed by atoms with Crippen LogP contribution in [-0.2, 0) is 10.8 Å². The van der Waals surface area contributed by atoms with Crippen LogP contribution in [-0.4, -0.2) is 9.55 Å². The van der Waals surface area contributed by atoms with E-state index in [0.717, 1.165) is 5.82 Å². The van der Waals surface area contributed by atoms with Crippen molar-refractivity contribution in [3.63, 3.8) is 0 Å². The van der Waals surface area contributed by atoms with Crippen molar-refractivity contribution in [3.8, 4) is 5.69 Å². The van der Waals surface area contributed by atoms with E-state index in [-0.39, 0.29) is 10.8 Å². The Morgan fingerprint density at radius 1 is 0.579 bits per heavy atom. The molecule has 0 spiro atoms. The Morgan fingerprint density at radius 3 is 2.05 bits per heavy atom. The molecule has 0 saturated heterocycles. The Labute approximate surface area is 223 Å². The molecule has 0 atom stereocenters. The number of hydrogen-bond acceptors (Lipinski definition) is 2. The first-order valence-corrected chi connectivity index (χ1v) is 13.4. The third-order valence-corrected chi connectivity index (χ3v) is 9.00. The molecular weight excluding hydrogens is 462 g/mol. The van der Waals surface area contributed by atoms with Crippen LogP contribution < -0.4 is 4.90 Å². The zero-order chi connectivity index (χ0) is 25.8. The lowest BCUT2D eigenvalue weighted by atomic mass is 9.67. The summed E-state index contributed by atoms with van der Waals surface area (Å²) in [5, 5.41) is 2.53. The van der Waals surface area contributed by atoms with E-state index in [1.165, 1.54) is 61.1 Å². The molecule has 0 fully saturated rings. The maximum atomic E-state index is 5.00. The Morgan fingerprint density at radius 2 is 1.26 bits per heavy atom. The molecule has 0 bridgehead atoms. The average molecular weight is 492 g/mol. The normalized spacial score (nSPS) is 16.3. The first-order chi connectivity index (χ1) is 18.4. The van der Waals surface area contributed by atoms with Crippen LogP contribution in [0.3, 0.4) is 0 Å². The van der Waals surface area contributed by atoms with Gasteiger partial charge >= 0.3 is 0 Å². The van der Waals surface area contributed by atoms with Gasteiger partial charge in [-0.3, -0.25) is 4.90 Å². The first-order valence-electron chi connectivity index (χ1n) is 13.4. The molecule has 0 radical (unpaired) electrons. The number of rotatable bonds is 1. The summed E-state index contributed by atoms with van der Waals surface area (Å²) in [5.41, 5.74) is 11.2. The summed E-state index contributed by atoms with van der Waals surface area (Å²) in [7, 11) is 0. The van der Waals surface area contributed by atoms with Crippen LogP contribution in [0, 0.1) is 0 Å². The standard InChI is InChI=1S/C35H29N3/c1-34(2)25-15-10-16-26-32(25)38(33-27(34)17-11-19-36-33)31-20-24-23-14-8-9-18-29(23)37(22-12-6-5-7-13-22)30(24)21-28(31)35(26,3)4/h5-21H,1-4H3. The van der Waals surface area contributed by atoms with Gasteiger partial charge in [0.2, 0.25) is 0 Å². The van der Waals surface area contributed by atoms with Crippen molar-refractivity contribution in [2.75, 3.05) is 4.90 Å². The van der Waals surface area contributed by atoms with Gasteiger partial charge in [0.1, 0.15) is 5.82 Å². The molecule has 0 amide bonds. The fourth-order valence-electron chi connectivity index (χ4n) is 7.03. The van der Waals surface area contributed by atoms with Gasteiger partial charge in [-0.25, -0.2) is 4.98 Å². The van der Waals surface area contributed by atoms with Gasteiger partial charge in [-0.1, -0.05) is 88.4 Å². The molecule has 3 nitrogen and oxygen atoms in total. The second-order valence-electron chi connectivity index (χ2n) is 11.7. The summed E-state index contributed by atoms with van der Waals surface area (Å²) in [4.78, 5) is 7.45. The molecule has 4 aromatic carbocycles. The Kier molecular flexibility index (Phi) is 4.07. The van der Waals surface area contributed by atoms with Gasteiger partial charge in [0, 0.05) is 39.1 Å². The topological polar surface area (TPSA) is 21.1 Å². The maximum absolute atomic E-state index is 5.00. The van der Waals surface area contributed by atoms with Crippen LogP contribution in [0.1, 0.15) is 49.9 Å². The van der Waals surface area contributed by atoms with E-state index in [9.17, 15) is 0 Å². The van der Waals surface area contributed by atoms with Gasteiger partial charge in [-0.15, -0.1) is 0 Å². The highest BCUT2D eigenvalue weighted by Crippen LogP contribution is 2.60. The largest absolute Gasteiger partial charge is 0.309 e. The molecule has 4 heterocycles. The Hall–Kier alpha value is -4.37. The first kappa shape index (κ1) is 21.7. The molecule has 6 aromatic rings. The highest BCUT2D eigenvalue weighted by molar-refractivity contribution is 6.12. The third kappa shape index (κ3) is 2.56. The quantitative estimate of drug-likeness (QED) is 0.229. The van der Waals surface area contributed by atoms with Gasteiger partial charge in [0.15, 0.2) is 0 Å². The van der Waals surface area contributed by atoms with E-state index >= 15 is 0 Å². The number of para-hydroxylation sites is 3. The van der Waals surface area contributed by atoms with E-state index in [1.807, 2.05) is 6.20 Å². The molecule has 2 aliphatic heterocycles. The Balaban J connectivity index is 1.54. The lowest BCUT2D eigenvalue weighted by Crippen LogP contribution is -2.38. The van der Waals surface area contributed by atoms with Crippen LogP contribution in [0.4, 0.5) is 17.2 Å². The lowest BCUT2D eigenvalue weighted by molar-refractivity contribution is 0.594. The van der Waals surface area contributed by atoms with Gasteiger partial charge in [0.25, 0.3) is 0 Å². The molecule has 0 unspecified atom stereocenters. The van der Waals surface area contributed by atoms with Crippen LogP contribution in [0.5, 0.6) is 0 Å². The fourth-order valence-corrected chi connectivity index (χ4v) is 7.03. The van der Waals surface area contributed by atoms with Crippen molar-refractivity contribution in [1.82, 2.24) is 9.55 Å². The molecule has 0 saturated carbocycles. The molecular formula is C35H29N3. The fraction of sp³-hybridized carbons (Fsp3) is 0.171. The minimum atomic E-state index is -0.175. The molecule has 0 aliphatic carbocycles. The second kappa shape index (κ2) is 7.14. The summed E-state index contributed by atoms with van der Waals surface area (Å²) in [6.07, 6.45) is 1.93. The summed E-state index contributed by atoms with van der Waals surface area (Å²) in [6, 6.07) is 35.5. The molecule has 2 aromatic heterocycles. The minimum absolute atomic E-state index is 0.132. The number of pyridine rings is 1. The van der Waals surface area contributed by atoms with E-state index in [0.29, 0.717) is 0 Å². The number of anilines is 3. The van der Waals surface area contributed by atoms with Crippen LogP contribution in [0.25, 0.3) is 27.5 Å². The number of benzene rings is 4. The van der Waals surface area contributed by atoms with Gasteiger partial charge in [-0.2, -0.15) is 0 Å². The van der Waals surface area contributed by atoms with Gasteiger partial charge < -0.3 is 4.57 Å². The minimum Gasteiger partial charge on any atom is -0.309 e. The number of aromatic nitrogens is 2. The van der Waals surface area contributed by atoms with Crippen molar-refractivity contribution in [2.45, 2.75) is 38.5 Å². The smallest absolute Gasteiger partial charge is 0.141 e. The average Bonchev–Trinajstić information content (AvgIpc) is 3.26. The monoisotopic (exact) mass is 491 g/mol. The molecule has 8 rings (SSSR count). The van der Waals surface area contributed by atoms with Gasteiger partial charge in [0.05, 0.1) is 22.4 Å². The van der Waals surface area contributed by atoms with Crippen molar-refractivity contribution in [3.05, 3.63) is 126 Å². The predicted octanol–water partition coefficient (Wildman–Crippen LogP) is 8.93. The summed E-state index contributed by atoms with van der Waals surface area (Å²) in [6.45, 7) is 9.42.